The first kappa shape index (κ1) is 21.5. The first-order valence-electron chi connectivity index (χ1n) is 9.60. The molecule has 1 aliphatic heterocycles. The third kappa shape index (κ3) is 6.41. The molecule has 1 aromatic heterocycles. The van der Waals surface area contributed by atoms with Crippen LogP contribution >= 0.6 is 24.0 Å². The summed E-state index contributed by atoms with van der Waals surface area (Å²) in [6.45, 7) is 7.97. The van der Waals surface area contributed by atoms with Crippen LogP contribution in [0.5, 0.6) is 0 Å². The summed E-state index contributed by atoms with van der Waals surface area (Å²) < 4.78 is 0. The minimum atomic E-state index is 0. The molecule has 148 valence electrons. The van der Waals surface area contributed by atoms with Gasteiger partial charge in [0, 0.05) is 43.6 Å². The van der Waals surface area contributed by atoms with E-state index in [4.69, 9.17) is 4.99 Å². The molecule has 0 amide bonds. The number of hydrogen-bond donors (Lipinski definition) is 3. The summed E-state index contributed by atoms with van der Waals surface area (Å²) in [5.41, 5.74) is 3.74. The monoisotopic (exact) mass is 482 g/mol. The van der Waals surface area contributed by atoms with E-state index >= 15 is 0 Å². The zero-order chi connectivity index (χ0) is 18.2. The molecular formula is C20H31IN6. The molecular weight excluding hydrogens is 451 g/mol. The van der Waals surface area contributed by atoms with Crippen LogP contribution in [0.15, 0.2) is 41.5 Å². The maximum absolute atomic E-state index is 4.75. The van der Waals surface area contributed by atoms with Crippen molar-refractivity contribution in [1.29, 1.82) is 0 Å². The number of halogens is 1. The van der Waals surface area contributed by atoms with Gasteiger partial charge in [0.2, 0.25) is 0 Å². The van der Waals surface area contributed by atoms with Gasteiger partial charge >= 0.3 is 0 Å². The predicted molar refractivity (Wildman–Crippen MR) is 123 cm³/mol. The van der Waals surface area contributed by atoms with Gasteiger partial charge in [0.1, 0.15) is 0 Å². The Morgan fingerprint density at radius 2 is 2.15 bits per heavy atom. The Balaban J connectivity index is 0.00000261. The van der Waals surface area contributed by atoms with Crippen molar-refractivity contribution >= 4 is 35.6 Å². The van der Waals surface area contributed by atoms with Crippen LogP contribution in [0, 0.1) is 6.92 Å². The summed E-state index contributed by atoms with van der Waals surface area (Å²) in [6, 6.07) is 11.1. The molecule has 2 heterocycles. The van der Waals surface area contributed by atoms with Crippen molar-refractivity contribution in [3.05, 3.63) is 47.8 Å². The molecule has 1 aliphatic rings. The summed E-state index contributed by atoms with van der Waals surface area (Å²) in [7, 11) is 0. The number of aryl methyl sites for hydroxylation is 2. The Morgan fingerprint density at radius 1 is 1.33 bits per heavy atom. The van der Waals surface area contributed by atoms with Crippen LogP contribution in [0.4, 0.5) is 5.69 Å². The van der Waals surface area contributed by atoms with E-state index in [1.54, 1.807) is 0 Å². The maximum Gasteiger partial charge on any atom is 0.191 e. The number of anilines is 1. The summed E-state index contributed by atoms with van der Waals surface area (Å²) in [5.74, 6) is 0.927. The van der Waals surface area contributed by atoms with Crippen molar-refractivity contribution in [2.75, 3.05) is 31.1 Å². The number of aromatic nitrogens is 2. The van der Waals surface area contributed by atoms with Crippen LogP contribution in [0.2, 0.25) is 0 Å². The molecule has 1 atom stereocenters. The smallest absolute Gasteiger partial charge is 0.191 e. The highest BCUT2D eigenvalue weighted by Gasteiger charge is 2.23. The number of benzene rings is 1. The molecule has 6 nitrogen and oxygen atoms in total. The second-order valence-corrected chi connectivity index (χ2v) is 6.80. The highest BCUT2D eigenvalue weighted by molar-refractivity contribution is 14.0. The van der Waals surface area contributed by atoms with E-state index in [0.29, 0.717) is 6.04 Å². The van der Waals surface area contributed by atoms with Gasteiger partial charge in [0.15, 0.2) is 5.96 Å². The molecule has 0 radical (unpaired) electrons. The number of hydrogen-bond acceptors (Lipinski definition) is 3. The van der Waals surface area contributed by atoms with E-state index in [9.17, 15) is 0 Å². The van der Waals surface area contributed by atoms with Gasteiger partial charge in [-0.05, 0) is 50.8 Å². The van der Waals surface area contributed by atoms with E-state index in [-0.39, 0.29) is 24.0 Å². The summed E-state index contributed by atoms with van der Waals surface area (Å²) in [6.07, 6.45) is 5.08. The maximum atomic E-state index is 4.75. The van der Waals surface area contributed by atoms with E-state index in [1.807, 2.05) is 6.20 Å². The van der Waals surface area contributed by atoms with Crippen molar-refractivity contribution in [2.45, 2.75) is 39.2 Å². The molecule has 2 aromatic rings. The molecule has 3 N–H and O–H groups in total. The van der Waals surface area contributed by atoms with Crippen molar-refractivity contribution in [3.63, 3.8) is 0 Å². The molecule has 1 saturated heterocycles. The van der Waals surface area contributed by atoms with Crippen LogP contribution in [-0.4, -0.2) is 48.4 Å². The van der Waals surface area contributed by atoms with Crippen LogP contribution in [0.3, 0.4) is 0 Å². The van der Waals surface area contributed by atoms with Gasteiger partial charge in [-0.3, -0.25) is 10.1 Å². The van der Waals surface area contributed by atoms with Gasteiger partial charge in [0.25, 0.3) is 0 Å². The molecule has 0 bridgehead atoms. The topological polar surface area (TPSA) is 68.3 Å². The minimum absolute atomic E-state index is 0. The zero-order valence-corrected chi connectivity index (χ0v) is 18.6. The van der Waals surface area contributed by atoms with Crippen molar-refractivity contribution in [3.8, 4) is 0 Å². The zero-order valence-electron chi connectivity index (χ0n) is 16.2. The fraction of sp³-hybridized carbons (Fsp3) is 0.500. The van der Waals surface area contributed by atoms with Gasteiger partial charge in [-0.25, -0.2) is 0 Å². The predicted octanol–water partition coefficient (Wildman–Crippen LogP) is 3.10. The number of para-hydroxylation sites is 1. The average Bonchev–Trinajstić information content (AvgIpc) is 3.29. The summed E-state index contributed by atoms with van der Waals surface area (Å²) >= 11 is 0. The third-order valence-electron chi connectivity index (χ3n) is 4.80. The average molecular weight is 482 g/mol. The minimum Gasteiger partial charge on any atom is -0.369 e. The molecule has 1 unspecified atom stereocenters. The highest BCUT2D eigenvalue weighted by Crippen LogP contribution is 2.19. The lowest BCUT2D eigenvalue weighted by Crippen LogP contribution is -2.44. The van der Waals surface area contributed by atoms with Crippen LogP contribution in [-0.2, 0) is 6.42 Å². The molecule has 0 spiro atoms. The normalized spacial score (nSPS) is 16.9. The molecule has 0 saturated carbocycles. The number of H-pyrrole nitrogens is 1. The van der Waals surface area contributed by atoms with Crippen molar-refractivity contribution < 1.29 is 0 Å². The van der Waals surface area contributed by atoms with Gasteiger partial charge in [0.05, 0.1) is 6.20 Å². The lowest BCUT2D eigenvalue weighted by molar-refractivity contribution is 0.647. The lowest BCUT2D eigenvalue weighted by atomic mass is 10.1. The first-order valence-corrected chi connectivity index (χ1v) is 9.60. The van der Waals surface area contributed by atoms with E-state index in [0.717, 1.165) is 57.1 Å². The fourth-order valence-corrected chi connectivity index (χ4v) is 3.35. The molecule has 1 aromatic carbocycles. The SMILES string of the molecule is CCNC(=NCCCc1cn[nH]c1C)NC1CCN(c2ccccc2)C1.I. The van der Waals surface area contributed by atoms with Crippen LogP contribution in [0.1, 0.15) is 31.0 Å². The second kappa shape index (κ2) is 11.2. The molecule has 27 heavy (non-hydrogen) atoms. The highest BCUT2D eigenvalue weighted by atomic mass is 127. The van der Waals surface area contributed by atoms with Crippen molar-refractivity contribution in [2.24, 2.45) is 4.99 Å². The summed E-state index contributed by atoms with van der Waals surface area (Å²) in [4.78, 5) is 7.18. The quantitative estimate of drug-likeness (QED) is 0.246. The second-order valence-electron chi connectivity index (χ2n) is 6.80. The van der Waals surface area contributed by atoms with Gasteiger partial charge < -0.3 is 15.5 Å². The Labute approximate surface area is 179 Å². The molecule has 0 aliphatic carbocycles. The van der Waals surface area contributed by atoms with E-state index < -0.39 is 0 Å². The Hall–Kier alpha value is -1.77. The van der Waals surface area contributed by atoms with E-state index in [1.165, 1.54) is 11.3 Å². The van der Waals surface area contributed by atoms with Crippen molar-refractivity contribution in [1.82, 2.24) is 20.8 Å². The Morgan fingerprint density at radius 3 is 2.85 bits per heavy atom. The van der Waals surface area contributed by atoms with Gasteiger partial charge in [-0.15, -0.1) is 24.0 Å². The van der Waals surface area contributed by atoms with Gasteiger partial charge in [-0.1, -0.05) is 18.2 Å². The first-order chi connectivity index (χ1) is 12.8. The number of nitrogens with one attached hydrogen (secondary N) is 3. The largest absolute Gasteiger partial charge is 0.369 e. The Kier molecular flexibility index (Phi) is 8.90. The Bertz CT molecular complexity index is 700. The number of aliphatic imine (C=N–C) groups is 1. The standard InChI is InChI=1S/C20H30N6.HI/c1-3-21-20(22-12-7-8-17-14-23-25-16(17)2)24-18-11-13-26(15-18)19-9-5-4-6-10-19;/h4-6,9-10,14,18H,3,7-8,11-13,15H2,1-2H3,(H,23,25)(H2,21,22,24);1H. The fourth-order valence-electron chi connectivity index (χ4n) is 3.35. The molecule has 3 rings (SSSR count). The number of nitrogens with zero attached hydrogens (tertiary/aromatic N) is 3. The number of guanidine groups is 1. The van der Waals surface area contributed by atoms with Crippen LogP contribution in [0.25, 0.3) is 0 Å². The number of rotatable bonds is 7. The third-order valence-corrected chi connectivity index (χ3v) is 4.80. The lowest BCUT2D eigenvalue weighted by Gasteiger charge is -2.20. The van der Waals surface area contributed by atoms with Crippen LogP contribution < -0.4 is 15.5 Å². The number of aromatic amines is 1. The molecule has 1 fully saturated rings. The summed E-state index contributed by atoms with van der Waals surface area (Å²) in [5, 5.41) is 14.0. The molecule has 7 heteroatoms. The van der Waals surface area contributed by atoms with Gasteiger partial charge in [-0.2, -0.15) is 5.10 Å². The van der Waals surface area contributed by atoms with E-state index in [2.05, 4.69) is 69.9 Å².